The molecule has 11 heteroatoms. The van der Waals surface area contributed by atoms with Crippen LogP contribution >= 0.6 is 11.3 Å². The number of nitro groups is 1. The Morgan fingerprint density at radius 3 is 2.59 bits per heavy atom. The van der Waals surface area contributed by atoms with Crippen molar-refractivity contribution in [1.29, 1.82) is 0 Å². The molecule has 0 radical (unpaired) electrons. The third-order valence-electron chi connectivity index (χ3n) is 4.43. The van der Waals surface area contributed by atoms with Crippen LogP contribution in [0.4, 0.5) is 19.5 Å². The van der Waals surface area contributed by atoms with E-state index in [2.05, 4.69) is 10.1 Å². The minimum Gasteiger partial charge on any atom is -0.462 e. The van der Waals surface area contributed by atoms with Crippen LogP contribution in [0.25, 0.3) is 17.2 Å². The first-order valence-electron chi connectivity index (χ1n) is 9.86. The number of benzene rings is 2. The largest absolute Gasteiger partial charge is 0.462 e. The van der Waals surface area contributed by atoms with Gasteiger partial charge >= 0.3 is 12.6 Å². The molecule has 0 saturated carbocycles. The number of halogens is 2. The lowest BCUT2D eigenvalue weighted by Gasteiger charge is -2.08. The molecular formula is C23H18F2N2O6S. The van der Waals surface area contributed by atoms with Gasteiger partial charge in [-0.1, -0.05) is 30.3 Å². The van der Waals surface area contributed by atoms with E-state index < -0.39 is 23.4 Å². The normalized spacial score (nSPS) is 10.9. The van der Waals surface area contributed by atoms with Crippen molar-refractivity contribution in [2.45, 2.75) is 13.5 Å². The lowest BCUT2D eigenvalue weighted by molar-refractivity contribution is -0.384. The number of alkyl halides is 2. The summed E-state index contributed by atoms with van der Waals surface area (Å²) < 4.78 is 34.8. The Kier molecular flexibility index (Phi) is 8.04. The van der Waals surface area contributed by atoms with Crippen LogP contribution in [-0.4, -0.2) is 30.0 Å². The van der Waals surface area contributed by atoms with Gasteiger partial charge in [-0.25, -0.2) is 4.79 Å². The molecule has 3 aromatic rings. The number of nitrogens with zero attached hydrogens (tertiary/aromatic N) is 1. The van der Waals surface area contributed by atoms with Crippen molar-refractivity contribution in [2.24, 2.45) is 0 Å². The fraction of sp³-hybridized carbons (Fsp3) is 0.130. The number of hydrogen-bond donors (Lipinski definition) is 1. The van der Waals surface area contributed by atoms with E-state index in [1.54, 1.807) is 24.4 Å². The van der Waals surface area contributed by atoms with Crippen LogP contribution in [-0.2, 0) is 9.53 Å². The van der Waals surface area contributed by atoms with Gasteiger partial charge in [0.05, 0.1) is 11.5 Å². The van der Waals surface area contributed by atoms with Crippen molar-refractivity contribution in [3.8, 4) is 16.9 Å². The summed E-state index contributed by atoms with van der Waals surface area (Å²) in [5, 5.41) is 15.5. The highest BCUT2D eigenvalue weighted by Gasteiger charge is 2.22. The summed E-state index contributed by atoms with van der Waals surface area (Å²) in [6.07, 6.45) is 2.10. The molecule has 8 nitrogen and oxygen atoms in total. The van der Waals surface area contributed by atoms with Crippen LogP contribution in [0.15, 0.2) is 60.0 Å². The van der Waals surface area contributed by atoms with Gasteiger partial charge in [-0.15, -0.1) is 11.3 Å². The van der Waals surface area contributed by atoms with Gasteiger partial charge in [-0.3, -0.25) is 14.9 Å². The third kappa shape index (κ3) is 6.01. The fourth-order valence-corrected chi connectivity index (χ4v) is 3.95. The molecule has 0 atom stereocenters. The predicted octanol–water partition coefficient (Wildman–Crippen LogP) is 5.75. The van der Waals surface area contributed by atoms with E-state index in [0.717, 1.165) is 47.3 Å². The Morgan fingerprint density at radius 2 is 1.94 bits per heavy atom. The summed E-state index contributed by atoms with van der Waals surface area (Å²) in [6, 6.07) is 12.1. The van der Waals surface area contributed by atoms with Crippen LogP contribution in [0.1, 0.15) is 22.8 Å². The van der Waals surface area contributed by atoms with Gasteiger partial charge in [0.2, 0.25) is 5.91 Å². The van der Waals surface area contributed by atoms with E-state index >= 15 is 0 Å². The predicted molar refractivity (Wildman–Crippen MR) is 123 cm³/mol. The Morgan fingerprint density at radius 1 is 1.21 bits per heavy atom. The van der Waals surface area contributed by atoms with Crippen LogP contribution < -0.4 is 10.1 Å². The maximum Gasteiger partial charge on any atom is 0.387 e. The standard InChI is InChI=1S/C23H18F2N2O6S/c1-2-32-22(29)20-17(14-6-4-3-5-7-14)13-34-21(20)26-19(28)11-8-15-12-16(27(30)31)9-10-18(15)33-23(24)25/h3-13,23H,2H2,1H3,(H,26,28)/b11-8+. The number of ether oxygens (including phenoxy) is 2. The topological polar surface area (TPSA) is 108 Å². The number of nitro benzene ring substituents is 1. The molecule has 0 saturated heterocycles. The average Bonchev–Trinajstić information content (AvgIpc) is 3.22. The van der Waals surface area contributed by atoms with E-state index in [4.69, 9.17) is 4.74 Å². The van der Waals surface area contributed by atoms with E-state index in [-0.39, 0.29) is 34.2 Å². The third-order valence-corrected chi connectivity index (χ3v) is 5.32. The second kappa shape index (κ2) is 11.1. The molecule has 0 unspecified atom stereocenters. The maximum atomic E-state index is 12.7. The molecule has 34 heavy (non-hydrogen) atoms. The lowest BCUT2D eigenvalue weighted by atomic mass is 10.0. The summed E-state index contributed by atoms with van der Waals surface area (Å²) in [5.74, 6) is -1.64. The van der Waals surface area contributed by atoms with E-state index in [1.165, 1.54) is 0 Å². The first-order chi connectivity index (χ1) is 16.3. The molecule has 0 spiro atoms. The zero-order valence-electron chi connectivity index (χ0n) is 17.7. The number of carbonyl (C=O) groups excluding carboxylic acids is 2. The Balaban J connectivity index is 1.89. The van der Waals surface area contributed by atoms with Gasteiger partial charge in [-0.05, 0) is 24.6 Å². The highest BCUT2D eigenvalue weighted by Crippen LogP contribution is 2.36. The van der Waals surface area contributed by atoms with Gasteiger partial charge < -0.3 is 14.8 Å². The highest BCUT2D eigenvalue weighted by molar-refractivity contribution is 7.15. The fourth-order valence-electron chi connectivity index (χ4n) is 2.99. The van der Waals surface area contributed by atoms with E-state index in [9.17, 15) is 28.5 Å². The van der Waals surface area contributed by atoms with Gasteiger partial charge in [0.1, 0.15) is 16.3 Å². The minimum absolute atomic E-state index is 0.0913. The molecule has 1 amide bonds. The molecule has 0 aliphatic heterocycles. The van der Waals surface area contributed by atoms with Gasteiger partial charge in [0.25, 0.3) is 5.69 Å². The number of anilines is 1. The molecule has 1 N–H and O–H groups in total. The summed E-state index contributed by atoms with van der Waals surface area (Å²) in [6.45, 7) is -1.36. The van der Waals surface area contributed by atoms with E-state index in [1.807, 2.05) is 18.2 Å². The molecule has 0 bridgehead atoms. The van der Waals surface area contributed by atoms with Crippen LogP contribution in [0.2, 0.25) is 0 Å². The SMILES string of the molecule is CCOC(=O)c1c(-c2ccccc2)csc1NC(=O)/C=C/c1cc([N+](=O)[O-])ccc1OC(F)F. The first kappa shape index (κ1) is 24.5. The molecule has 0 fully saturated rings. The maximum absolute atomic E-state index is 12.7. The number of carbonyl (C=O) groups is 2. The molecular weight excluding hydrogens is 470 g/mol. The number of esters is 1. The molecule has 1 aromatic heterocycles. The lowest BCUT2D eigenvalue weighted by Crippen LogP contribution is -2.12. The highest BCUT2D eigenvalue weighted by atomic mass is 32.1. The monoisotopic (exact) mass is 488 g/mol. The molecule has 176 valence electrons. The summed E-state index contributed by atoms with van der Waals surface area (Å²) in [7, 11) is 0. The second-order valence-electron chi connectivity index (χ2n) is 6.62. The molecule has 0 aliphatic carbocycles. The quantitative estimate of drug-likeness (QED) is 0.178. The summed E-state index contributed by atoms with van der Waals surface area (Å²) in [4.78, 5) is 35.5. The van der Waals surface area contributed by atoms with Gasteiger partial charge in [-0.2, -0.15) is 8.78 Å². The van der Waals surface area contributed by atoms with Crippen molar-refractivity contribution in [3.05, 3.63) is 81.2 Å². The zero-order chi connectivity index (χ0) is 24.7. The number of hydrogen-bond acceptors (Lipinski definition) is 7. The Hall–Kier alpha value is -4.12. The number of thiophene rings is 1. The van der Waals surface area contributed by atoms with Crippen molar-refractivity contribution in [1.82, 2.24) is 0 Å². The van der Waals surface area contributed by atoms with Crippen molar-refractivity contribution in [2.75, 3.05) is 11.9 Å². The summed E-state index contributed by atoms with van der Waals surface area (Å²) >= 11 is 1.11. The number of nitrogens with one attached hydrogen (secondary N) is 1. The summed E-state index contributed by atoms with van der Waals surface area (Å²) in [5.41, 5.74) is 1.05. The second-order valence-corrected chi connectivity index (χ2v) is 7.50. The number of amides is 1. The van der Waals surface area contributed by atoms with Crippen molar-refractivity contribution < 1.29 is 32.8 Å². The molecule has 1 heterocycles. The molecule has 2 aromatic carbocycles. The van der Waals surface area contributed by atoms with Gasteiger partial charge in [0.15, 0.2) is 0 Å². The van der Waals surface area contributed by atoms with Crippen molar-refractivity contribution in [3.63, 3.8) is 0 Å². The van der Waals surface area contributed by atoms with Gasteiger partial charge in [0, 0.05) is 34.7 Å². The van der Waals surface area contributed by atoms with Crippen molar-refractivity contribution >= 4 is 40.0 Å². The number of rotatable bonds is 9. The zero-order valence-corrected chi connectivity index (χ0v) is 18.5. The van der Waals surface area contributed by atoms with E-state index in [0.29, 0.717) is 5.56 Å². The Labute approximate surface area is 196 Å². The average molecular weight is 488 g/mol. The number of non-ortho nitro benzene ring substituents is 1. The van der Waals surface area contributed by atoms with Crippen LogP contribution in [0, 0.1) is 10.1 Å². The van der Waals surface area contributed by atoms with Crippen LogP contribution in [0.5, 0.6) is 5.75 Å². The molecule has 3 rings (SSSR count). The molecule has 0 aliphatic rings. The minimum atomic E-state index is -3.16. The first-order valence-corrected chi connectivity index (χ1v) is 10.7. The van der Waals surface area contributed by atoms with Crippen LogP contribution in [0.3, 0.4) is 0 Å². The Bertz CT molecular complexity index is 1230. The smallest absolute Gasteiger partial charge is 0.387 e.